The fourth-order valence-corrected chi connectivity index (χ4v) is 3.72. The van der Waals surface area contributed by atoms with E-state index in [9.17, 15) is 4.79 Å². The summed E-state index contributed by atoms with van der Waals surface area (Å²) in [6.45, 7) is 3.89. The average molecular weight is 303 g/mol. The van der Waals surface area contributed by atoms with Crippen LogP contribution in [0.2, 0.25) is 0 Å². The van der Waals surface area contributed by atoms with Gasteiger partial charge in [-0.25, -0.2) is 0 Å². The first-order valence-corrected chi connectivity index (χ1v) is 8.05. The van der Waals surface area contributed by atoms with E-state index in [0.717, 1.165) is 16.4 Å². The smallest absolute Gasteiger partial charge is 0.263 e. The number of nitrogens with two attached hydrogens (primary N) is 1. The molecule has 0 aliphatic heterocycles. The second-order valence-electron chi connectivity index (χ2n) is 3.96. The van der Waals surface area contributed by atoms with Crippen LogP contribution in [0.4, 0.5) is 10.7 Å². The van der Waals surface area contributed by atoms with Crippen LogP contribution >= 0.6 is 23.1 Å². The van der Waals surface area contributed by atoms with Gasteiger partial charge in [-0.1, -0.05) is 0 Å². The first-order valence-electron chi connectivity index (χ1n) is 6.01. The van der Waals surface area contributed by atoms with Crippen molar-refractivity contribution in [1.29, 1.82) is 0 Å². The molecule has 5 nitrogen and oxygen atoms in total. The van der Waals surface area contributed by atoms with E-state index < -0.39 is 0 Å². The molecule has 0 radical (unpaired) electrons. The lowest BCUT2D eigenvalue weighted by molar-refractivity contribution is 0.0960. The number of nitrogens with zero attached hydrogens (tertiary/aromatic N) is 1. The minimum atomic E-state index is -0.105. The lowest BCUT2D eigenvalue weighted by atomic mass is 10.3. The van der Waals surface area contributed by atoms with Gasteiger partial charge in [0.1, 0.15) is 9.88 Å². The Hall–Kier alpha value is -0.920. The summed E-state index contributed by atoms with van der Waals surface area (Å²) in [7, 11) is 3.65. The third-order valence-electron chi connectivity index (χ3n) is 2.61. The fraction of sp³-hybridized carbons (Fsp3) is 0.583. The molecule has 3 N–H and O–H groups in total. The summed E-state index contributed by atoms with van der Waals surface area (Å²) >= 11 is 2.99. The molecule has 0 saturated heterocycles. The Labute approximate surface area is 122 Å². The third-order valence-corrected chi connectivity index (χ3v) is 4.88. The lowest BCUT2D eigenvalue weighted by Gasteiger charge is -2.18. The van der Waals surface area contributed by atoms with Crippen molar-refractivity contribution in [3.05, 3.63) is 4.88 Å². The van der Waals surface area contributed by atoms with Gasteiger partial charge < -0.3 is 20.7 Å². The monoisotopic (exact) mass is 303 g/mol. The van der Waals surface area contributed by atoms with E-state index in [1.807, 2.05) is 20.2 Å². The number of methoxy groups -OCH3 is 1. The first-order chi connectivity index (χ1) is 9.06. The number of nitrogens with one attached hydrogen (secondary N) is 1. The molecule has 0 saturated carbocycles. The molecule has 0 aromatic carbocycles. The zero-order valence-electron chi connectivity index (χ0n) is 11.8. The summed E-state index contributed by atoms with van der Waals surface area (Å²) in [4.78, 5) is 15.6. The average Bonchev–Trinajstić information content (AvgIpc) is 2.73. The highest BCUT2D eigenvalue weighted by molar-refractivity contribution is 7.99. The molecule has 108 valence electrons. The Bertz CT molecular complexity index is 435. The number of carbonyl (C=O) groups excluding carboxylic acids is 1. The zero-order chi connectivity index (χ0) is 14.4. The van der Waals surface area contributed by atoms with Crippen LogP contribution in [-0.4, -0.2) is 46.0 Å². The largest absolute Gasteiger partial charge is 0.396 e. The van der Waals surface area contributed by atoms with Crippen LogP contribution in [-0.2, 0) is 4.74 Å². The summed E-state index contributed by atoms with van der Waals surface area (Å²) in [5.41, 5.74) is 6.66. The molecule has 1 rings (SSSR count). The van der Waals surface area contributed by atoms with Gasteiger partial charge in [-0.2, -0.15) is 0 Å². The number of likely N-dealkylation sites (N-methyl/N-ethyl adjacent to an activating group) is 1. The molecule has 19 heavy (non-hydrogen) atoms. The van der Waals surface area contributed by atoms with Crippen molar-refractivity contribution in [2.45, 2.75) is 11.8 Å². The van der Waals surface area contributed by atoms with Crippen LogP contribution in [0.1, 0.15) is 16.6 Å². The van der Waals surface area contributed by atoms with Crippen molar-refractivity contribution >= 4 is 39.7 Å². The summed E-state index contributed by atoms with van der Waals surface area (Å²) in [5.74, 6) is -0.105. The zero-order valence-corrected chi connectivity index (χ0v) is 13.4. The number of thioether (sulfide) groups is 1. The molecule has 1 aromatic rings. The van der Waals surface area contributed by atoms with E-state index in [2.05, 4.69) is 10.2 Å². The maximum absolute atomic E-state index is 12.0. The van der Waals surface area contributed by atoms with Crippen molar-refractivity contribution in [3.8, 4) is 0 Å². The number of amides is 1. The van der Waals surface area contributed by atoms with Crippen LogP contribution in [0.5, 0.6) is 0 Å². The van der Waals surface area contributed by atoms with Crippen LogP contribution in [0, 0.1) is 0 Å². The lowest BCUT2D eigenvalue weighted by Crippen LogP contribution is -2.22. The predicted molar refractivity (Wildman–Crippen MR) is 83.7 cm³/mol. The number of nitrogen functional groups attached to an aromatic ring is 1. The fourth-order valence-electron chi connectivity index (χ4n) is 1.60. The number of rotatable bonds is 7. The van der Waals surface area contributed by atoms with Gasteiger partial charge in [-0.05, 0) is 13.2 Å². The van der Waals surface area contributed by atoms with Crippen LogP contribution in [0.15, 0.2) is 4.90 Å². The molecule has 0 spiro atoms. The number of thiophene rings is 1. The molecular weight excluding hydrogens is 282 g/mol. The standard InChI is InChI=1S/C12H21N3O2S2/c1-5-14-11(16)9-8(13)10(18-4)12(19-9)15(2)6-7-17-3/h5-7,13H2,1-4H3,(H,14,16). The molecule has 0 aliphatic carbocycles. The number of hydrogen-bond donors (Lipinski definition) is 2. The molecular formula is C12H21N3O2S2. The van der Waals surface area contributed by atoms with Gasteiger partial charge in [0.2, 0.25) is 0 Å². The van der Waals surface area contributed by atoms with Crippen LogP contribution < -0.4 is 16.0 Å². The van der Waals surface area contributed by atoms with Crippen molar-refractivity contribution in [1.82, 2.24) is 5.32 Å². The van der Waals surface area contributed by atoms with E-state index >= 15 is 0 Å². The Balaban J connectivity index is 3.04. The minimum absolute atomic E-state index is 0.105. The second-order valence-corrected chi connectivity index (χ2v) is 5.77. The number of hydrogen-bond acceptors (Lipinski definition) is 6. The topological polar surface area (TPSA) is 67.6 Å². The second kappa shape index (κ2) is 7.62. The van der Waals surface area contributed by atoms with E-state index in [4.69, 9.17) is 10.5 Å². The van der Waals surface area contributed by atoms with Crippen molar-refractivity contribution in [2.24, 2.45) is 0 Å². The van der Waals surface area contributed by atoms with Crippen molar-refractivity contribution in [2.75, 3.05) is 50.7 Å². The molecule has 0 unspecified atom stereocenters. The Morgan fingerprint density at radius 3 is 2.79 bits per heavy atom. The summed E-state index contributed by atoms with van der Waals surface area (Å²) in [5, 5.41) is 3.81. The van der Waals surface area contributed by atoms with E-state index in [-0.39, 0.29) is 5.91 Å². The van der Waals surface area contributed by atoms with Crippen LogP contribution in [0.25, 0.3) is 0 Å². The van der Waals surface area contributed by atoms with Gasteiger partial charge in [0.05, 0.1) is 17.2 Å². The quantitative estimate of drug-likeness (QED) is 0.753. The summed E-state index contributed by atoms with van der Waals surface area (Å²) < 4.78 is 5.08. The molecule has 0 atom stereocenters. The molecule has 0 aliphatic rings. The van der Waals surface area contributed by atoms with E-state index in [1.54, 1.807) is 18.9 Å². The Kier molecular flexibility index (Phi) is 6.47. The van der Waals surface area contributed by atoms with Gasteiger partial charge in [0, 0.05) is 27.2 Å². The van der Waals surface area contributed by atoms with Gasteiger partial charge in [-0.15, -0.1) is 23.1 Å². The maximum atomic E-state index is 12.0. The summed E-state index contributed by atoms with van der Waals surface area (Å²) in [6, 6.07) is 0. The van der Waals surface area contributed by atoms with E-state index in [0.29, 0.717) is 23.7 Å². The van der Waals surface area contributed by atoms with E-state index in [1.165, 1.54) is 11.3 Å². The molecule has 7 heteroatoms. The highest BCUT2D eigenvalue weighted by Gasteiger charge is 2.22. The number of anilines is 2. The predicted octanol–water partition coefficient (Wildman–Crippen LogP) is 1.88. The molecule has 1 heterocycles. The third kappa shape index (κ3) is 3.77. The molecule has 1 aromatic heterocycles. The van der Waals surface area contributed by atoms with Gasteiger partial charge in [0.15, 0.2) is 0 Å². The number of ether oxygens (including phenoxy) is 1. The highest BCUT2D eigenvalue weighted by Crippen LogP contribution is 2.43. The van der Waals surface area contributed by atoms with Crippen molar-refractivity contribution < 1.29 is 9.53 Å². The van der Waals surface area contributed by atoms with Gasteiger partial charge in [0.25, 0.3) is 5.91 Å². The Morgan fingerprint density at radius 1 is 1.58 bits per heavy atom. The SMILES string of the molecule is CCNC(=O)c1sc(N(C)CCOC)c(SC)c1N. The van der Waals surface area contributed by atoms with Gasteiger partial charge >= 0.3 is 0 Å². The first kappa shape index (κ1) is 16.1. The van der Waals surface area contributed by atoms with Crippen molar-refractivity contribution in [3.63, 3.8) is 0 Å². The molecule has 0 fully saturated rings. The van der Waals surface area contributed by atoms with Crippen LogP contribution in [0.3, 0.4) is 0 Å². The maximum Gasteiger partial charge on any atom is 0.263 e. The minimum Gasteiger partial charge on any atom is -0.396 e. The number of carbonyl (C=O) groups is 1. The summed E-state index contributed by atoms with van der Waals surface area (Å²) in [6.07, 6.45) is 1.97. The normalized spacial score (nSPS) is 10.5. The Morgan fingerprint density at radius 2 is 2.26 bits per heavy atom. The highest BCUT2D eigenvalue weighted by atomic mass is 32.2. The molecule has 0 bridgehead atoms. The van der Waals surface area contributed by atoms with Gasteiger partial charge in [-0.3, -0.25) is 4.79 Å². The molecule has 1 amide bonds.